The molecule has 3 aromatic rings. The molecule has 0 aliphatic heterocycles. The average Bonchev–Trinajstić information content (AvgIpc) is 3.09. The first kappa shape index (κ1) is 16.6. The fraction of sp³-hybridized carbons (Fsp3) is 0.0526. The first-order valence-corrected chi connectivity index (χ1v) is 8.96. The van der Waals surface area contributed by atoms with Gasteiger partial charge in [-0.1, -0.05) is 46.3 Å². The molecule has 1 heterocycles. The zero-order chi connectivity index (χ0) is 16.9. The van der Waals surface area contributed by atoms with Gasteiger partial charge in [-0.2, -0.15) is 0 Å². The third-order valence-corrected chi connectivity index (χ3v) is 5.06. The summed E-state index contributed by atoms with van der Waals surface area (Å²) in [5.74, 6) is -0.127. The van der Waals surface area contributed by atoms with Crippen molar-refractivity contribution in [2.75, 3.05) is 0 Å². The van der Waals surface area contributed by atoms with Gasteiger partial charge in [0, 0.05) is 20.5 Å². The Morgan fingerprint density at radius 2 is 1.58 bits per heavy atom. The predicted molar refractivity (Wildman–Crippen MR) is 99.5 cm³/mol. The predicted octanol–water partition coefficient (Wildman–Crippen LogP) is 4.67. The molecule has 3 nitrogen and oxygen atoms in total. The standard InChI is InChI=1S/C19H14BrNO2S/c20-15-8-6-14(7-9-15)19(23)21-12-16-10-11-17(24-16)18(22)13-4-2-1-3-5-13/h1-11H,12H2,(H,21,23). The lowest BCUT2D eigenvalue weighted by Crippen LogP contribution is -2.22. The van der Waals surface area contributed by atoms with Crippen LogP contribution >= 0.6 is 27.3 Å². The Hall–Kier alpha value is -2.24. The Morgan fingerprint density at radius 3 is 2.29 bits per heavy atom. The number of thiophene rings is 1. The van der Waals surface area contributed by atoms with E-state index in [1.165, 1.54) is 11.3 Å². The zero-order valence-corrected chi connectivity index (χ0v) is 15.1. The molecule has 3 rings (SSSR count). The summed E-state index contributed by atoms with van der Waals surface area (Å²) in [6.07, 6.45) is 0. The van der Waals surface area contributed by atoms with Crippen molar-refractivity contribution < 1.29 is 9.59 Å². The highest BCUT2D eigenvalue weighted by atomic mass is 79.9. The van der Waals surface area contributed by atoms with Gasteiger partial charge in [-0.15, -0.1) is 11.3 Å². The van der Waals surface area contributed by atoms with E-state index in [-0.39, 0.29) is 11.7 Å². The lowest BCUT2D eigenvalue weighted by atomic mass is 10.1. The second-order valence-electron chi connectivity index (χ2n) is 5.15. The van der Waals surface area contributed by atoms with Gasteiger partial charge < -0.3 is 5.32 Å². The number of carbonyl (C=O) groups excluding carboxylic acids is 2. The fourth-order valence-corrected chi connectivity index (χ4v) is 3.37. The molecule has 0 saturated heterocycles. The maximum Gasteiger partial charge on any atom is 0.251 e. The molecule has 0 saturated carbocycles. The third-order valence-electron chi connectivity index (χ3n) is 3.45. The summed E-state index contributed by atoms with van der Waals surface area (Å²) in [6.45, 7) is 0.404. The second-order valence-corrected chi connectivity index (χ2v) is 7.23. The number of halogens is 1. The summed E-state index contributed by atoms with van der Waals surface area (Å²) in [6, 6.07) is 20.1. The Labute approximate surface area is 152 Å². The molecular weight excluding hydrogens is 386 g/mol. The molecule has 1 amide bonds. The highest BCUT2D eigenvalue weighted by Gasteiger charge is 2.12. The summed E-state index contributed by atoms with van der Waals surface area (Å²) < 4.78 is 0.932. The minimum Gasteiger partial charge on any atom is -0.347 e. The van der Waals surface area contributed by atoms with Crippen LogP contribution in [-0.4, -0.2) is 11.7 Å². The zero-order valence-electron chi connectivity index (χ0n) is 12.7. The smallest absolute Gasteiger partial charge is 0.251 e. The number of nitrogens with one attached hydrogen (secondary N) is 1. The van der Waals surface area contributed by atoms with Crippen LogP contribution < -0.4 is 5.32 Å². The maximum atomic E-state index is 12.4. The van der Waals surface area contributed by atoms with Crippen molar-refractivity contribution in [1.82, 2.24) is 5.32 Å². The van der Waals surface area contributed by atoms with Gasteiger partial charge in [0.25, 0.3) is 5.91 Å². The molecule has 5 heteroatoms. The summed E-state index contributed by atoms with van der Waals surface area (Å²) in [5, 5.41) is 2.87. The maximum absolute atomic E-state index is 12.4. The SMILES string of the molecule is O=C(NCc1ccc(C(=O)c2ccccc2)s1)c1ccc(Br)cc1. The molecule has 1 N–H and O–H groups in total. The van der Waals surface area contributed by atoms with E-state index in [0.717, 1.165) is 9.35 Å². The molecule has 1 aromatic heterocycles. The number of benzene rings is 2. The van der Waals surface area contributed by atoms with E-state index in [4.69, 9.17) is 0 Å². The molecule has 2 aromatic carbocycles. The number of hydrogen-bond donors (Lipinski definition) is 1. The number of rotatable bonds is 5. The van der Waals surface area contributed by atoms with Crippen LogP contribution in [0.1, 0.15) is 30.5 Å². The van der Waals surface area contributed by atoms with Crippen molar-refractivity contribution in [2.24, 2.45) is 0 Å². The van der Waals surface area contributed by atoms with E-state index in [9.17, 15) is 9.59 Å². The molecule has 120 valence electrons. The van der Waals surface area contributed by atoms with Gasteiger partial charge in [-0.05, 0) is 36.4 Å². The van der Waals surface area contributed by atoms with Crippen molar-refractivity contribution in [2.45, 2.75) is 6.54 Å². The highest BCUT2D eigenvalue weighted by molar-refractivity contribution is 9.10. The van der Waals surface area contributed by atoms with Crippen molar-refractivity contribution >= 4 is 39.0 Å². The first-order valence-electron chi connectivity index (χ1n) is 7.36. The van der Waals surface area contributed by atoms with Crippen molar-refractivity contribution in [3.05, 3.63) is 92.1 Å². The van der Waals surface area contributed by atoms with E-state index in [0.29, 0.717) is 22.5 Å². The van der Waals surface area contributed by atoms with E-state index < -0.39 is 0 Å². The molecule has 0 unspecified atom stereocenters. The van der Waals surface area contributed by atoms with Crippen LogP contribution in [0.5, 0.6) is 0 Å². The van der Waals surface area contributed by atoms with Crippen LogP contribution in [0.3, 0.4) is 0 Å². The molecule has 24 heavy (non-hydrogen) atoms. The van der Waals surface area contributed by atoms with Crippen molar-refractivity contribution in [3.8, 4) is 0 Å². The summed E-state index contributed by atoms with van der Waals surface area (Å²) in [4.78, 5) is 26.1. The van der Waals surface area contributed by atoms with Gasteiger partial charge in [-0.25, -0.2) is 0 Å². The Kier molecular flexibility index (Phi) is 5.23. The van der Waals surface area contributed by atoms with Crippen molar-refractivity contribution in [3.63, 3.8) is 0 Å². The fourth-order valence-electron chi connectivity index (χ4n) is 2.20. The molecular formula is C19H14BrNO2S. The Balaban J connectivity index is 1.63. The van der Waals surface area contributed by atoms with Crippen LogP contribution in [0.2, 0.25) is 0 Å². The Morgan fingerprint density at radius 1 is 0.875 bits per heavy atom. The average molecular weight is 400 g/mol. The van der Waals surface area contributed by atoms with E-state index in [1.807, 2.05) is 36.4 Å². The molecule has 0 spiro atoms. The monoisotopic (exact) mass is 399 g/mol. The van der Waals surface area contributed by atoms with Gasteiger partial charge in [-0.3, -0.25) is 9.59 Å². The summed E-state index contributed by atoms with van der Waals surface area (Å²) >= 11 is 4.75. The van der Waals surface area contributed by atoms with Crippen LogP contribution in [0.15, 0.2) is 71.2 Å². The third kappa shape index (κ3) is 3.99. The van der Waals surface area contributed by atoms with Crippen LogP contribution in [-0.2, 0) is 6.54 Å². The minimum atomic E-state index is -0.133. The van der Waals surface area contributed by atoms with Gasteiger partial charge in [0.2, 0.25) is 5.78 Å². The van der Waals surface area contributed by atoms with E-state index >= 15 is 0 Å². The van der Waals surface area contributed by atoms with Gasteiger partial charge >= 0.3 is 0 Å². The van der Waals surface area contributed by atoms with Gasteiger partial charge in [0.05, 0.1) is 11.4 Å². The Bertz CT molecular complexity index is 857. The largest absolute Gasteiger partial charge is 0.347 e. The molecule has 0 radical (unpaired) electrons. The number of ketones is 1. The van der Waals surface area contributed by atoms with E-state index in [1.54, 1.807) is 30.3 Å². The summed E-state index contributed by atoms with van der Waals surface area (Å²) in [7, 11) is 0. The normalized spacial score (nSPS) is 10.4. The molecule has 0 fully saturated rings. The molecule has 0 aliphatic rings. The minimum absolute atomic E-state index is 0.00564. The van der Waals surface area contributed by atoms with Crippen LogP contribution in [0.4, 0.5) is 0 Å². The number of carbonyl (C=O) groups is 2. The lowest BCUT2D eigenvalue weighted by Gasteiger charge is -2.03. The highest BCUT2D eigenvalue weighted by Crippen LogP contribution is 2.20. The first-order chi connectivity index (χ1) is 11.6. The van der Waals surface area contributed by atoms with Gasteiger partial charge in [0.1, 0.15) is 0 Å². The molecule has 0 bridgehead atoms. The van der Waals surface area contributed by atoms with Crippen LogP contribution in [0.25, 0.3) is 0 Å². The quantitative estimate of drug-likeness (QED) is 0.633. The molecule has 0 atom stereocenters. The topological polar surface area (TPSA) is 46.2 Å². The van der Waals surface area contributed by atoms with Gasteiger partial charge in [0.15, 0.2) is 0 Å². The molecule has 0 aliphatic carbocycles. The lowest BCUT2D eigenvalue weighted by molar-refractivity contribution is 0.0950. The number of hydrogen-bond acceptors (Lipinski definition) is 3. The summed E-state index contributed by atoms with van der Waals surface area (Å²) in [5.41, 5.74) is 1.28. The van der Waals surface area contributed by atoms with E-state index in [2.05, 4.69) is 21.2 Å². The van der Waals surface area contributed by atoms with Crippen LogP contribution in [0, 0.1) is 0 Å². The van der Waals surface area contributed by atoms with Crippen molar-refractivity contribution in [1.29, 1.82) is 0 Å². The second kappa shape index (κ2) is 7.55. The number of amides is 1.